The second-order valence-electron chi connectivity index (χ2n) is 10.7. The summed E-state index contributed by atoms with van der Waals surface area (Å²) in [6.07, 6.45) is 1.35. The highest BCUT2D eigenvalue weighted by molar-refractivity contribution is 6.30. The van der Waals surface area contributed by atoms with Gasteiger partial charge in [-0.25, -0.2) is 14.2 Å². The Morgan fingerprint density at radius 1 is 1.32 bits per heavy atom. The van der Waals surface area contributed by atoms with Crippen molar-refractivity contribution >= 4 is 40.6 Å². The van der Waals surface area contributed by atoms with E-state index >= 15 is 4.39 Å². The van der Waals surface area contributed by atoms with Gasteiger partial charge in [0.2, 0.25) is 5.88 Å². The number of aldehydes is 1. The molecule has 34 heavy (non-hydrogen) atoms. The first kappa shape index (κ1) is 23.1. The number of pyridine rings is 2. The van der Waals surface area contributed by atoms with E-state index in [0.717, 1.165) is 12.8 Å². The molecule has 2 saturated heterocycles. The van der Waals surface area contributed by atoms with Gasteiger partial charge in [0.05, 0.1) is 23.0 Å². The summed E-state index contributed by atoms with van der Waals surface area (Å²) in [5, 5.41) is 0.255. The largest absolute Gasteiger partial charge is 0.472 e. The van der Waals surface area contributed by atoms with Gasteiger partial charge in [-0.1, -0.05) is 11.6 Å². The van der Waals surface area contributed by atoms with Crippen LogP contribution in [0.2, 0.25) is 5.15 Å². The summed E-state index contributed by atoms with van der Waals surface area (Å²) in [5.41, 5.74) is -0.650. The molecule has 2 fully saturated rings. The van der Waals surface area contributed by atoms with Gasteiger partial charge in [0.15, 0.2) is 17.3 Å². The normalized spacial score (nSPS) is 27.8. The highest BCUT2D eigenvalue weighted by Crippen LogP contribution is 2.49. The SMILES string of the molecule is Cc1c(C=O)nc2c3c(nc(Cl)c(F)c13)O[C@@H](C)[C@@H]1[C@@H]3CC[C@](C)(CN21)N3C(=O)OC(C)(C)C. The lowest BCUT2D eigenvalue weighted by Gasteiger charge is -2.52. The number of aromatic nitrogens is 2. The average molecular weight is 491 g/mol. The number of fused-ring (bicyclic) bond motifs is 5. The van der Waals surface area contributed by atoms with Crippen LogP contribution in [0.5, 0.6) is 5.88 Å². The van der Waals surface area contributed by atoms with Gasteiger partial charge >= 0.3 is 6.09 Å². The van der Waals surface area contributed by atoms with Crippen molar-refractivity contribution in [2.75, 3.05) is 11.4 Å². The number of nitrogens with zero attached hydrogens (tertiary/aromatic N) is 4. The molecule has 2 aromatic rings. The van der Waals surface area contributed by atoms with Crippen molar-refractivity contribution < 1.29 is 23.5 Å². The summed E-state index contributed by atoms with van der Waals surface area (Å²) in [7, 11) is 0. The van der Waals surface area contributed by atoms with Gasteiger partial charge in [-0.15, -0.1) is 0 Å². The highest BCUT2D eigenvalue weighted by Gasteiger charge is 2.59. The first-order valence-corrected chi connectivity index (χ1v) is 11.8. The second kappa shape index (κ2) is 7.41. The lowest BCUT2D eigenvalue weighted by molar-refractivity contribution is -0.0165. The van der Waals surface area contributed by atoms with Crippen molar-refractivity contribution in [2.45, 2.75) is 83.7 Å². The molecule has 3 aliphatic heterocycles. The Bertz CT molecular complexity index is 1230. The van der Waals surface area contributed by atoms with Crippen LogP contribution in [0, 0.1) is 12.7 Å². The Hall–Kier alpha value is -2.68. The zero-order valence-corrected chi connectivity index (χ0v) is 20.9. The molecular weight excluding hydrogens is 463 g/mol. The van der Waals surface area contributed by atoms with E-state index in [2.05, 4.69) is 14.9 Å². The number of hydrogen-bond donors (Lipinski definition) is 0. The summed E-state index contributed by atoms with van der Waals surface area (Å²) in [6, 6.07) is -0.534. The van der Waals surface area contributed by atoms with Crippen LogP contribution in [-0.4, -0.2) is 63.1 Å². The molecule has 2 bridgehead atoms. The number of carbonyl (C=O) groups excluding carboxylic acids is 2. The van der Waals surface area contributed by atoms with E-state index in [1.165, 1.54) is 0 Å². The van der Waals surface area contributed by atoms with Crippen LogP contribution in [0.25, 0.3) is 10.8 Å². The summed E-state index contributed by atoms with van der Waals surface area (Å²) in [4.78, 5) is 37.9. The van der Waals surface area contributed by atoms with Crippen molar-refractivity contribution in [3.05, 3.63) is 22.2 Å². The first-order chi connectivity index (χ1) is 15.9. The van der Waals surface area contributed by atoms with Gasteiger partial charge in [-0.2, -0.15) is 4.98 Å². The molecule has 5 heterocycles. The lowest BCUT2D eigenvalue weighted by Crippen LogP contribution is -2.69. The first-order valence-electron chi connectivity index (χ1n) is 11.5. The molecule has 0 aliphatic carbocycles. The van der Waals surface area contributed by atoms with E-state index in [4.69, 9.17) is 21.1 Å². The molecule has 5 rings (SSSR count). The van der Waals surface area contributed by atoms with Crippen molar-refractivity contribution in [1.82, 2.24) is 14.9 Å². The zero-order chi connectivity index (χ0) is 24.7. The van der Waals surface area contributed by atoms with E-state index in [-0.39, 0.29) is 40.3 Å². The maximum atomic E-state index is 15.2. The quantitative estimate of drug-likeness (QED) is 0.424. The van der Waals surface area contributed by atoms with Crippen LogP contribution in [0.15, 0.2) is 0 Å². The maximum absolute atomic E-state index is 15.2. The minimum Gasteiger partial charge on any atom is -0.472 e. The fourth-order valence-corrected chi connectivity index (χ4v) is 6.00. The molecule has 0 aromatic carbocycles. The van der Waals surface area contributed by atoms with Crippen LogP contribution >= 0.6 is 11.6 Å². The van der Waals surface area contributed by atoms with Crippen LogP contribution in [0.3, 0.4) is 0 Å². The average Bonchev–Trinajstić information content (AvgIpc) is 2.91. The lowest BCUT2D eigenvalue weighted by atomic mass is 9.93. The van der Waals surface area contributed by atoms with Gasteiger partial charge in [0.1, 0.15) is 23.2 Å². The number of rotatable bonds is 1. The Kier molecular flexibility index (Phi) is 5.03. The molecule has 182 valence electrons. The van der Waals surface area contributed by atoms with Crippen LogP contribution in [-0.2, 0) is 4.74 Å². The molecule has 10 heteroatoms. The Balaban J connectivity index is 1.71. The zero-order valence-electron chi connectivity index (χ0n) is 20.1. The molecule has 0 unspecified atom stereocenters. The van der Waals surface area contributed by atoms with Gasteiger partial charge in [0.25, 0.3) is 0 Å². The number of hydrogen-bond acceptors (Lipinski definition) is 7. The van der Waals surface area contributed by atoms with Gasteiger partial charge in [-0.3, -0.25) is 9.69 Å². The number of amides is 1. The number of halogens is 2. The van der Waals surface area contributed by atoms with Crippen molar-refractivity contribution in [1.29, 1.82) is 0 Å². The topological polar surface area (TPSA) is 84.9 Å². The van der Waals surface area contributed by atoms with Gasteiger partial charge < -0.3 is 14.4 Å². The fraction of sp³-hybridized carbons (Fsp3) is 0.583. The molecule has 1 amide bonds. The molecule has 2 aromatic heterocycles. The summed E-state index contributed by atoms with van der Waals surface area (Å²) < 4.78 is 27.3. The molecule has 3 aliphatic rings. The van der Waals surface area contributed by atoms with E-state index in [1.807, 2.05) is 39.5 Å². The van der Waals surface area contributed by atoms with Gasteiger partial charge in [0, 0.05) is 11.9 Å². The second-order valence-corrected chi connectivity index (χ2v) is 11.1. The minimum absolute atomic E-state index is 0.134. The standard InChI is InChI=1S/C24H28ClFN4O4/c1-11-13(9-31)27-20-16-15(11)17(26)19(25)28-21(16)33-12(2)18-14-7-8-24(6,10-29(18)20)30(14)22(32)34-23(3,4)5/h9,12,14,18H,7-8,10H2,1-6H3/t12-,14-,18+,24+/m0/s1. The Morgan fingerprint density at radius 3 is 2.68 bits per heavy atom. The summed E-state index contributed by atoms with van der Waals surface area (Å²) >= 11 is 6.12. The molecular formula is C24H28ClFN4O4. The predicted molar refractivity (Wildman–Crippen MR) is 125 cm³/mol. The molecule has 0 saturated carbocycles. The molecule has 8 nitrogen and oxygen atoms in total. The highest BCUT2D eigenvalue weighted by atomic mass is 35.5. The molecule has 4 atom stereocenters. The number of piperazine rings is 1. The Morgan fingerprint density at radius 2 is 2.03 bits per heavy atom. The van der Waals surface area contributed by atoms with E-state index < -0.39 is 23.1 Å². The number of aryl methyl sites for hydroxylation is 1. The van der Waals surface area contributed by atoms with E-state index in [0.29, 0.717) is 29.6 Å². The van der Waals surface area contributed by atoms with Crippen molar-refractivity contribution in [3.8, 4) is 5.88 Å². The van der Waals surface area contributed by atoms with E-state index in [9.17, 15) is 9.59 Å². The van der Waals surface area contributed by atoms with Crippen LogP contribution < -0.4 is 9.64 Å². The molecule has 0 N–H and O–H groups in total. The number of anilines is 1. The Labute approximate surface area is 202 Å². The maximum Gasteiger partial charge on any atom is 0.411 e. The monoisotopic (exact) mass is 490 g/mol. The number of ether oxygens (including phenoxy) is 2. The van der Waals surface area contributed by atoms with Crippen molar-refractivity contribution in [3.63, 3.8) is 0 Å². The van der Waals surface area contributed by atoms with Gasteiger partial charge in [-0.05, 0) is 59.9 Å². The summed E-state index contributed by atoms with van der Waals surface area (Å²) in [6.45, 7) is 11.5. The molecule has 0 radical (unpaired) electrons. The summed E-state index contributed by atoms with van der Waals surface area (Å²) in [5.74, 6) is -0.103. The third kappa shape index (κ3) is 3.23. The third-order valence-electron chi connectivity index (χ3n) is 7.18. The predicted octanol–water partition coefficient (Wildman–Crippen LogP) is 4.67. The minimum atomic E-state index is -0.707. The third-order valence-corrected chi connectivity index (χ3v) is 7.43. The number of carbonyl (C=O) groups is 2. The fourth-order valence-electron chi connectivity index (χ4n) is 5.83. The van der Waals surface area contributed by atoms with Crippen molar-refractivity contribution in [2.24, 2.45) is 0 Å². The van der Waals surface area contributed by atoms with E-state index in [1.54, 1.807) is 6.92 Å². The van der Waals surface area contributed by atoms with Crippen LogP contribution in [0.4, 0.5) is 15.0 Å². The van der Waals surface area contributed by atoms with Crippen LogP contribution in [0.1, 0.15) is 63.5 Å². The molecule has 0 spiro atoms. The smallest absolute Gasteiger partial charge is 0.411 e.